The van der Waals surface area contributed by atoms with Crippen LogP contribution in [0.15, 0.2) is 30.3 Å². The highest BCUT2D eigenvalue weighted by Crippen LogP contribution is 2.65. The molecule has 4 nitrogen and oxygen atoms in total. The molecule has 2 atom stereocenters. The minimum absolute atomic E-state index is 0.0617. The molecule has 2 aromatic carbocycles. The molecule has 0 saturated heterocycles. The molecule has 0 bridgehead atoms. The molecule has 32 heavy (non-hydrogen) atoms. The van der Waals surface area contributed by atoms with Crippen LogP contribution in [-0.4, -0.2) is 28.9 Å². The van der Waals surface area contributed by atoms with Gasteiger partial charge >= 0.3 is 6.18 Å². The summed E-state index contributed by atoms with van der Waals surface area (Å²) >= 11 is 29.9. The Morgan fingerprint density at radius 3 is 2.28 bits per heavy atom. The van der Waals surface area contributed by atoms with Crippen LogP contribution >= 0.6 is 58.0 Å². The summed E-state index contributed by atoms with van der Waals surface area (Å²) < 4.78 is 49.3. The molecule has 0 heterocycles. The summed E-state index contributed by atoms with van der Waals surface area (Å²) in [6, 6.07) is 6.08. The molecule has 0 spiro atoms. The van der Waals surface area contributed by atoms with Crippen molar-refractivity contribution in [2.75, 3.05) is 11.9 Å². The number of benzene rings is 2. The molecule has 172 valence electrons. The number of hydrogen-bond acceptors (Lipinski definition) is 2. The molecule has 0 unspecified atom stereocenters. The number of rotatable bonds is 5. The summed E-state index contributed by atoms with van der Waals surface area (Å²) in [5, 5.41) is 3.67. The van der Waals surface area contributed by atoms with E-state index in [-0.39, 0.29) is 31.9 Å². The third kappa shape index (κ3) is 5.37. The molecule has 0 radical (unpaired) electrons. The fourth-order valence-electron chi connectivity index (χ4n) is 3.10. The average Bonchev–Trinajstić information content (AvgIpc) is 3.27. The van der Waals surface area contributed by atoms with E-state index in [1.54, 1.807) is 5.32 Å². The topological polar surface area (TPSA) is 58.2 Å². The van der Waals surface area contributed by atoms with Crippen molar-refractivity contribution < 1.29 is 27.2 Å². The Morgan fingerprint density at radius 2 is 1.69 bits per heavy atom. The predicted octanol–water partition coefficient (Wildman–Crippen LogP) is 6.60. The van der Waals surface area contributed by atoms with E-state index in [2.05, 4.69) is 5.32 Å². The molecular weight excluding hydrogens is 541 g/mol. The highest BCUT2D eigenvalue weighted by molar-refractivity contribution is 6.53. The molecule has 13 heteroatoms. The Bertz CT molecular complexity index is 1070. The van der Waals surface area contributed by atoms with E-state index in [9.17, 15) is 27.2 Å². The van der Waals surface area contributed by atoms with E-state index in [0.717, 1.165) is 12.1 Å². The summed E-state index contributed by atoms with van der Waals surface area (Å²) in [6.07, 6.45) is -4.61. The number of halogens is 9. The van der Waals surface area contributed by atoms with Crippen LogP contribution in [0, 0.1) is 11.7 Å². The fourth-order valence-corrected chi connectivity index (χ4v) is 4.45. The summed E-state index contributed by atoms with van der Waals surface area (Å²) in [4.78, 5) is 24.7. The van der Waals surface area contributed by atoms with Crippen LogP contribution in [0.25, 0.3) is 0 Å². The average molecular weight is 553 g/mol. The quantitative estimate of drug-likeness (QED) is 0.249. The maximum atomic E-state index is 13.9. The highest BCUT2D eigenvalue weighted by Gasteiger charge is 2.67. The van der Waals surface area contributed by atoms with E-state index >= 15 is 0 Å². The van der Waals surface area contributed by atoms with Crippen molar-refractivity contribution in [3.05, 3.63) is 62.3 Å². The van der Waals surface area contributed by atoms with E-state index in [1.165, 1.54) is 18.2 Å². The van der Waals surface area contributed by atoms with Gasteiger partial charge in [-0.2, -0.15) is 13.2 Å². The SMILES string of the molecule is O=C(NCC(F)(F)F)c1cc(NC(=O)[C@H]2[C@@H](c3cc(F)c(Cl)c(Cl)c3)C2(Cl)Cl)ccc1Cl. The molecule has 0 aliphatic heterocycles. The first-order valence-corrected chi connectivity index (χ1v) is 10.6. The van der Waals surface area contributed by atoms with Crippen molar-refractivity contribution in [2.24, 2.45) is 5.92 Å². The predicted molar refractivity (Wildman–Crippen MR) is 116 cm³/mol. The zero-order valence-corrected chi connectivity index (χ0v) is 19.2. The van der Waals surface area contributed by atoms with E-state index < -0.39 is 46.5 Å². The molecule has 3 rings (SSSR count). The smallest absolute Gasteiger partial charge is 0.343 e. The third-order valence-corrected chi connectivity index (χ3v) is 6.68. The number of nitrogens with one attached hydrogen (secondary N) is 2. The maximum Gasteiger partial charge on any atom is 0.405 e. The molecule has 1 saturated carbocycles. The lowest BCUT2D eigenvalue weighted by molar-refractivity contribution is -0.123. The Balaban J connectivity index is 1.77. The van der Waals surface area contributed by atoms with Gasteiger partial charge < -0.3 is 10.6 Å². The zero-order valence-electron chi connectivity index (χ0n) is 15.5. The van der Waals surface area contributed by atoms with Gasteiger partial charge in [-0.25, -0.2) is 4.39 Å². The van der Waals surface area contributed by atoms with Crippen molar-refractivity contribution in [1.29, 1.82) is 0 Å². The summed E-state index contributed by atoms with van der Waals surface area (Å²) in [6.45, 7) is -1.55. The van der Waals surface area contributed by atoms with Gasteiger partial charge in [0.1, 0.15) is 16.7 Å². The van der Waals surface area contributed by atoms with Crippen molar-refractivity contribution in [1.82, 2.24) is 5.32 Å². The molecule has 1 fully saturated rings. The molecule has 1 aliphatic rings. The molecule has 1 aliphatic carbocycles. The van der Waals surface area contributed by atoms with E-state index in [4.69, 9.17) is 58.0 Å². The second-order valence-corrected chi connectivity index (χ2v) is 9.55. The Kier molecular flexibility index (Phi) is 7.13. The summed E-state index contributed by atoms with van der Waals surface area (Å²) in [5.41, 5.74) is 0.0349. The van der Waals surface area contributed by atoms with Gasteiger partial charge in [0, 0.05) is 11.6 Å². The van der Waals surface area contributed by atoms with Gasteiger partial charge in [0.2, 0.25) is 5.91 Å². The Morgan fingerprint density at radius 1 is 1.03 bits per heavy atom. The minimum atomic E-state index is -4.61. The Hall–Kier alpha value is -1.45. The molecular formula is C19H11Cl5F4N2O2. The number of anilines is 1. The van der Waals surface area contributed by atoms with Crippen molar-refractivity contribution in [3.8, 4) is 0 Å². The lowest BCUT2D eigenvalue weighted by atomic mass is 10.1. The van der Waals surface area contributed by atoms with Crippen molar-refractivity contribution in [2.45, 2.75) is 16.4 Å². The minimum Gasteiger partial charge on any atom is -0.343 e. The third-order valence-electron chi connectivity index (χ3n) is 4.63. The summed E-state index contributed by atoms with van der Waals surface area (Å²) in [7, 11) is 0. The van der Waals surface area contributed by atoms with Crippen LogP contribution in [0.4, 0.5) is 23.2 Å². The first-order chi connectivity index (χ1) is 14.7. The van der Waals surface area contributed by atoms with E-state index in [0.29, 0.717) is 0 Å². The second kappa shape index (κ2) is 9.06. The van der Waals surface area contributed by atoms with Crippen LogP contribution in [0.1, 0.15) is 21.8 Å². The number of alkyl halides is 5. The van der Waals surface area contributed by atoms with Gasteiger partial charge in [0.15, 0.2) is 0 Å². The second-order valence-electron chi connectivity index (χ2n) is 6.91. The van der Waals surface area contributed by atoms with Gasteiger partial charge in [-0.15, -0.1) is 23.2 Å². The van der Waals surface area contributed by atoms with Crippen LogP contribution in [-0.2, 0) is 4.79 Å². The first kappa shape index (κ1) is 25.2. The van der Waals surface area contributed by atoms with Crippen molar-refractivity contribution >= 4 is 75.5 Å². The zero-order chi connectivity index (χ0) is 24.0. The van der Waals surface area contributed by atoms with Gasteiger partial charge in [0.25, 0.3) is 5.91 Å². The highest BCUT2D eigenvalue weighted by atomic mass is 35.5. The number of carbonyl (C=O) groups excluding carboxylic acids is 2. The van der Waals surface area contributed by atoms with Gasteiger partial charge in [-0.05, 0) is 35.9 Å². The van der Waals surface area contributed by atoms with Crippen molar-refractivity contribution in [3.63, 3.8) is 0 Å². The normalized spacial score (nSPS) is 19.4. The molecule has 2 amide bonds. The molecule has 2 N–H and O–H groups in total. The van der Waals surface area contributed by atoms with E-state index in [1.807, 2.05) is 0 Å². The number of hydrogen-bond donors (Lipinski definition) is 2. The van der Waals surface area contributed by atoms with Gasteiger partial charge in [-0.3, -0.25) is 9.59 Å². The monoisotopic (exact) mass is 550 g/mol. The lowest BCUT2D eigenvalue weighted by Crippen LogP contribution is -2.33. The molecule has 2 aromatic rings. The largest absolute Gasteiger partial charge is 0.405 e. The number of carbonyl (C=O) groups is 2. The van der Waals surface area contributed by atoms with Gasteiger partial charge in [0.05, 0.1) is 26.5 Å². The maximum absolute atomic E-state index is 13.9. The van der Waals surface area contributed by atoms with Crippen LogP contribution in [0.3, 0.4) is 0 Å². The van der Waals surface area contributed by atoms with Crippen LogP contribution < -0.4 is 10.6 Å². The lowest BCUT2D eigenvalue weighted by Gasteiger charge is -2.11. The Labute approximate surface area is 204 Å². The summed E-state index contributed by atoms with van der Waals surface area (Å²) in [5.74, 6) is -4.38. The van der Waals surface area contributed by atoms with Crippen LogP contribution in [0.2, 0.25) is 15.1 Å². The number of amides is 2. The van der Waals surface area contributed by atoms with Gasteiger partial charge in [-0.1, -0.05) is 34.8 Å². The fraction of sp³-hybridized carbons (Fsp3) is 0.263. The van der Waals surface area contributed by atoms with Crippen LogP contribution in [0.5, 0.6) is 0 Å². The standard InChI is InChI=1S/C19H11Cl5F4N2O2/c20-10-2-1-8(5-9(10)16(31)29-6-18(26,27)28)30-17(32)14-13(19(14,23)24)7-3-11(21)15(22)12(25)4-7/h1-5,13-14H,6H2,(H,29,31)(H,30,32)/t13-,14-/m1/s1. The first-order valence-electron chi connectivity index (χ1n) is 8.70. The molecule has 0 aromatic heterocycles.